The molecule has 0 N–H and O–H groups in total. The van der Waals surface area contributed by atoms with Gasteiger partial charge in [0.05, 0.1) is 29.5 Å². The second-order valence-corrected chi connectivity index (χ2v) is 4.85. The van der Waals surface area contributed by atoms with Crippen molar-refractivity contribution in [1.82, 2.24) is 4.98 Å². The van der Waals surface area contributed by atoms with Crippen LogP contribution >= 0.6 is 0 Å². The van der Waals surface area contributed by atoms with Gasteiger partial charge < -0.3 is 4.74 Å². The topological polar surface area (TPSA) is 112 Å². The normalized spacial score (nSPS) is 16.2. The Bertz CT molecular complexity index is 875. The van der Waals surface area contributed by atoms with Gasteiger partial charge in [0.25, 0.3) is 0 Å². The highest BCUT2D eigenvalue weighted by Crippen LogP contribution is 2.32. The molecule has 1 aliphatic heterocycles. The van der Waals surface area contributed by atoms with Gasteiger partial charge in [0.2, 0.25) is 5.78 Å². The van der Waals surface area contributed by atoms with E-state index in [0.717, 1.165) is 6.21 Å². The lowest BCUT2D eigenvalue weighted by molar-refractivity contribution is -0.485. The molecule has 0 radical (unpaired) electrons. The molecule has 1 aromatic carbocycles. The van der Waals surface area contributed by atoms with Crippen LogP contribution in [0.4, 0.5) is 5.69 Å². The minimum absolute atomic E-state index is 0.151. The molecule has 0 bridgehead atoms. The summed E-state index contributed by atoms with van der Waals surface area (Å²) in [5, 5.41) is 11.4. The number of nitro groups is 1. The second kappa shape index (κ2) is 5.56. The predicted molar refractivity (Wildman–Crippen MR) is 81.0 cm³/mol. The summed E-state index contributed by atoms with van der Waals surface area (Å²) in [6, 6.07) is 3.16. The number of rotatable bonds is 3. The molecule has 0 saturated heterocycles. The van der Waals surface area contributed by atoms with E-state index in [0.29, 0.717) is 10.9 Å². The molecule has 1 aliphatic rings. The average Bonchev–Trinajstić information content (AvgIpc) is 2.54. The Morgan fingerprint density at radius 3 is 2.91 bits per heavy atom. The number of esters is 1. The third-order valence-electron chi connectivity index (χ3n) is 3.44. The Kier molecular flexibility index (Phi) is 3.57. The number of hydrogen-bond acceptors (Lipinski definition) is 7. The number of hydrogen-bond donors (Lipinski definition) is 0. The maximum Gasteiger partial charge on any atom is 0.339 e. The van der Waals surface area contributed by atoms with E-state index in [1.165, 1.54) is 12.3 Å². The molecule has 0 saturated carbocycles. The van der Waals surface area contributed by atoms with Crippen LogP contribution in [0, 0.1) is 10.1 Å². The van der Waals surface area contributed by atoms with E-state index in [2.05, 4.69) is 9.98 Å². The first kappa shape index (κ1) is 14.8. The van der Waals surface area contributed by atoms with Gasteiger partial charge in [-0.15, -0.1) is 0 Å². The van der Waals surface area contributed by atoms with Crippen molar-refractivity contribution in [3.8, 4) is 0 Å². The van der Waals surface area contributed by atoms with Gasteiger partial charge in [-0.05, 0) is 19.1 Å². The third-order valence-corrected chi connectivity index (χ3v) is 3.44. The Labute approximate surface area is 130 Å². The van der Waals surface area contributed by atoms with Crippen LogP contribution in [0.15, 0.2) is 29.4 Å². The SMILES string of the molecule is CCOC(=O)c1cnc2c3c(ccc2c1)C(=O)C([N+](=O)[O-])C=N3. The molecular formula is C15H11N3O5. The Balaban J connectivity index is 2.11. The fraction of sp³-hybridized carbons (Fsp3) is 0.200. The molecule has 0 spiro atoms. The maximum atomic E-state index is 12.1. The molecule has 0 fully saturated rings. The van der Waals surface area contributed by atoms with Crippen LogP contribution in [0.1, 0.15) is 27.6 Å². The fourth-order valence-electron chi connectivity index (χ4n) is 2.36. The van der Waals surface area contributed by atoms with Gasteiger partial charge in [0, 0.05) is 16.5 Å². The molecule has 1 aromatic heterocycles. The zero-order valence-corrected chi connectivity index (χ0v) is 12.1. The number of Topliss-reactive ketones (excluding diaryl/α,β-unsaturated/α-hetero) is 1. The van der Waals surface area contributed by atoms with Crippen LogP contribution in [0.5, 0.6) is 0 Å². The van der Waals surface area contributed by atoms with Gasteiger partial charge in [0.15, 0.2) is 0 Å². The number of benzene rings is 1. The number of fused-ring (bicyclic) bond motifs is 3. The zero-order valence-electron chi connectivity index (χ0n) is 12.1. The molecule has 0 aliphatic carbocycles. The number of aromatic nitrogens is 1. The highest BCUT2D eigenvalue weighted by Gasteiger charge is 2.34. The van der Waals surface area contributed by atoms with Crippen LogP contribution in [0.2, 0.25) is 0 Å². The quantitative estimate of drug-likeness (QED) is 0.486. The fourth-order valence-corrected chi connectivity index (χ4v) is 2.36. The molecule has 23 heavy (non-hydrogen) atoms. The van der Waals surface area contributed by atoms with Crippen LogP contribution in [-0.2, 0) is 4.74 Å². The minimum Gasteiger partial charge on any atom is -0.462 e. The van der Waals surface area contributed by atoms with Crippen LogP contribution in [-0.4, -0.2) is 40.5 Å². The van der Waals surface area contributed by atoms with Crippen LogP contribution < -0.4 is 0 Å². The number of carbonyl (C=O) groups is 2. The lowest BCUT2D eigenvalue weighted by atomic mass is 9.98. The minimum atomic E-state index is -1.47. The summed E-state index contributed by atoms with van der Waals surface area (Å²) in [6.45, 7) is 1.96. The van der Waals surface area contributed by atoms with Gasteiger partial charge in [-0.1, -0.05) is 6.07 Å². The first-order valence-electron chi connectivity index (χ1n) is 6.84. The number of carbonyl (C=O) groups excluding carboxylic acids is 2. The molecule has 1 unspecified atom stereocenters. The van der Waals surface area contributed by atoms with Gasteiger partial charge >= 0.3 is 12.0 Å². The Morgan fingerprint density at radius 1 is 1.43 bits per heavy atom. The molecule has 8 nitrogen and oxygen atoms in total. The van der Waals surface area contributed by atoms with Gasteiger partial charge in [0.1, 0.15) is 5.69 Å². The lowest BCUT2D eigenvalue weighted by Crippen LogP contribution is -2.33. The third kappa shape index (κ3) is 2.44. The number of ether oxygens (including phenoxy) is 1. The van der Waals surface area contributed by atoms with E-state index >= 15 is 0 Å². The molecule has 2 heterocycles. The zero-order chi connectivity index (χ0) is 16.6. The monoisotopic (exact) mass is 313 g/mol. The van der Waals surface area contributed by atoms with Crippen molar-refractivity contribution in [1.29, 1.82) is 0 Å². The van der Waals surface area contributed by atoms with E-state index in [1.807, 2.05) is 0 Å². The average molecular weight is 313 g/mol. The lowest BCUT2D eigenvalue weighted by Gasteiger charge is -2.13. The summed E-state index contributed by atoms with van der Waals surface area (Å²) in [5.41, 5.74) is 1.12. The Morgan fingerprint density at radius 2 is 2.22 bits per heavy atom. The molecule has 8 heteroatoms. The molecular weight excluding hydrogens is 302 g/mol. The van der Waals surface area contributed by atoms with E-state index in [9.17, 15) is 19.7 Å². The van der Waals surface area contributed by atoms with E-state index in [1.54, 1.807) is 19.1 Å². The maximum absolute atomic E-state index is 12.1. The summed E-state index contributed by atoms with van der Waals surface area (Å²) in [7, 11) is 0. The molecule has 0 amide bonds. The summed E-state index contributed by atoms with van der Waals surface area (Å²) >= 11 is 0. The smallest absolute Gasteiger partial charge is 0.339 e. The highest BCUT2D eigenvalue weighted by atomic mass is 16.6. The van der Waals surface area contributed by atoms with Crippen molar-refractivity contribution >= 4 is 34.6 Å². The highest BCUT2D eigenvalue weighted by molar-refractivity contribution is 6.17. The number of aliphatic imine (C=N–C) groups is 1. The first-order valence-corrected chi connectivity index (χ1v) is 6.84. The molecule has 116 valence electrons. The first-order chi connectivity index (χ1) is 11.0. The molecule has 2 aromatic rings. The van der Waals surface area contributed by atoms with E-state index in [4.69, 9.17) is 4.74 Å². The van der Waals surface area contributed by atoms with Crippen molar-refractivity contribution in [2.24, 2.45) is 4.99 Å². The largest absolute Gasteiger partial charge is 0.462 e. The molecule has 1 atom stereocenters. The van der Waals surface area contributed by atoms with Gasteiger partial charge in [-0.2, -0.15) is 0 Å². The van der Waals surface area contributed by atoms with Gasteiger partial charge in [-0.3, -0.25) is 24.9 Å². The summed E-state index contributed by atoms with van der Waals surface area (Å²) in [5.74, 6) is -1.12. The van der Waals surface area contributed by atoms with Crippen molar-refractivity contribution in [2.75, 3.05) is 6.61 Å². The number of pyridine rings is 1. The van der Waals surface area contributed by atoms with E-state index in [-0.39, 0.29) is 23.4 Å². The van der Waals surface area contributed by atoms with Crippen LogP contribution in [0.3, 0.4) is 0 Å². The number of ketones is 1. The van der Waals surface area contributed by atoms with Crippen molar-refractivity contribution < 1.29 is 19.2 Å². The summed E-state index contributed by atoms with van der Waals surface area (Å²) < 4.78 is 4.91. The number of nitrogens with zero attached hydrogens (tertiary/aromatic N) is 3. The van der Waals surface area contributed by atoms with E-state index < -0.39 is 22.7 Å². The standard InChI is InChI=1S/C15H11N3O5/c1-2-23-15(20)9-5-8-3-4-10-13(12(8)16-6-9)17-7-11(14(10)19)18(21)22/h3-7,11H,2H2,1H3. The molecule has 3 rings (SSSR count). The summed E-state index contributed by atoms with van der Waals surface area (Å²) in [6.07, 6.45) is 2.34. The predicted octanol–water partition coefficient (Wildman–Crippen LogP) is 1.96. The van der Waals surface area contributed by atoms with Crippen molar-refractivity contribution in [2.45, 2.75) is 13.0 Å². The van der Waals surface area contributed by atoms with Crippen molar-refractivity contribution in [3.63, 3.8) is 0 Å². The Hall–Kier alpha value is -3.16. The van der Waals surface area contributed by atoms with Gasteiger partial charge in [-0.25, -0.2) is 4.79 Å². The summed E-state index contributed by atoms with van der Waals surface area (Å²) in [4.78, 5) is 42.2. The second-order valence-electron chi connectivity index (χ2n) is 4.85. The van der Waals surface area contributed by atoms with Crippen molar-refractivity contribution in [3.05, 3.63) is 45.6 Å². The van der Waals surface area contributed by atoms with Crippen LogP contribution in [0.25, 0.3) is 10.9 Å².